The van der Waals surface area contributed by atoms with Gasteiger partial charge >= 0.3 is 6.48 Å². The Kier molecular flexibility index (Phi) is 6.97. The predicted molar refractivity (Wildman–Crippen MR) is 129 cm³/mol. The van der Waals surface area contributed by atoms with Crippen molar-refractivity contribution in [3.8, 4) is 5.75 Å². The van der Waals surface area contributed by atoms with E-state index in [1.165, 1.54) is 41.1 Å². The molecule has 8 nitrogen and oxygen atoms in total. The van der Waals surface area contributed by atoms with Crippen LogP contribution in [0.5, 0.6) is 5.75 Å². The molecule has 0 radical (unpaired) electrons. The van der Waals surface area contributed by atoms with Crippen LogP contribution in [0.4, 0.5) is 13.2 Å². The van der Waals surface area contributed by atoms with Gasteiger partial charge in [0, 0.05) is 18.0 Å². The average molecular weight is 530 g/mol. The van der Waals surface area contributed by atoms with E-state index in [0.29, 0.717) is 24.9 Å². The van der Waals surface area contributed by atoms with E-state index in [0.717, 1.165) is 12.3 Å². The Morgan fingerprint density at radius 2 is 1.82 bits per heavy atom. The van der Waals surface area contributed by atoms with Gasteiger partial charge in [-0.15, -0.1) is 0 Å². The normalized spacial score (nSPS) is 20.3. The molecule has 0 aliphatic carbocycles. The molecule has 2 aliphatic heterocycles. The van der Waals surface area contributed by atoms with Crippen molar-refractivity contribution in [1.29, 1.82) is 0 Å². The number of rotatable bonds is 7. The highest BCUT2D eigenvalue weighted by molar-refractivity contribution is 5.96. The number of aromatic nitrogens is 2. The zero-order valence-corrected chi connectivity index (χ0v) is 20.7. The number of benzene rings is 2. The summed E-state index contributed by atoms with van der Waals surface area (Å²) in [6.07, 6.45) is 1.65. The highest BCUT2D eigenvalue weighted by Crippen LogP contribution is 2.46. The molecular weight excluding hydrogens is 503 g/mol. The monoisotopic (exact) mass is 529 g/mol. The minimum absolute atomic E-state index is 0.0140. The van der Waals surface area contributed by atoms with Crippen LogP contribution >= 0.6 is 0 Å². The maximum Gasteiger partial charge on any atom is 0.313 e. The SMILES string of the molecule is CC(C)OC(O)Oc1c2n(ncc1=O)[C@@H]([C@H](c1ccc(F)cc1)c1cccc(F)c1F)[C@H]1CCCN1C2=O. The van der Waals surface area contributed by atoms with Gasteiger partial charge in [-0.3, -0.25) is 14.3 Å². The van der Waals surface area contributed by atoms with Gasteiger partial charge in [0.15, 0.2) is 17.3 Å². The number of hydrogen-bond acceptors (Lipinski definition) is 6. The van der Waals surface area contributed by atoms with Gasteiger partial charge in [0.1, 0.15) is 5.82 Å². The fourth-order valence-electron chi connectivity index (χ4n) is 5.40. The van der Waals surface area contributed by atoms with Gasteiger partial charge in [-0.05, 0) is 50.5 Å². The Hall–Kier alpha value is -3.70. The summed E-state index contributed by atoms with van der Waals surface area (Å²) in [5, 5.41) is 14.5. The van der Waals surface area contributed by atoms with Crippen LogP contribution in [-0.4, -0.2) is 50.9 Å². The van der Waals surface area contributed by atoms with Crippen LogP contribution in [0, 0.1) is 17.5 Å². The lowest BCUT2D eigenvalue weighted by atomic mass is 9.79. The lowest BCUT2D eigenvalue weighted by Crippen LogP contribution is -2.51. The molecule has 2 aliphatic rings. The number of nitrogens with zero attached hydrogens (tertiary/aromatic N) is 3. The first-order valence-electron chi connectivity index (χ1n) is 12.3. The van der Waals surface area contributed by atoms with Crippen molar-refractivity contribution in [2.24, 2.45) is 0 Å². The number of halogens is 3. The first-order chi connectivity index (χ1) is 18.2. The van der Waals surface area contributed by atoms with E-state index < -0.39 is 65.1 Å². The number of ether oxygens (including phenoxy) is 2. The second-order valence-electron chi connectivity index (χ2n) is 9.61. The number of fused-ring (bicyclic) bond motifs is 2. The van der Waals surface area contributed by atoms with E-state index in [1.54, 1.807) is 18.7 Å². The van der Waals surface area contributed by atoms with Gasteiger partial charge < -0.3 is 19.5 Å². The molecule has 3 aromatic rings. The van der Waals surface area contributed by atoms with Gasteiger partial charge in [0.05, 0.1) is 24.4 Å². The molecule has 4 atom stereocenters. The third-order valence-corrected chi connectivity index (χ3v) is 6.90. The average Bonchev–Trinajstić information content (AvgIpc) is 3.36. The summed E-state index contributed by atoms with van der Waals surface area (Å²) in [6.45, 7) is 1.82. The highest BCUT2D eigenvalue weighted by Gasteiger charge is 2.49. The topological polar surface area (TPSA) is 93.9 Å². The van der Waals surface area contributed by atoms with Crippen molar-refractivity contribution in [2.75, 3.05) is 6.54 Å². The Labute approximate surface area is 216 Å². The molecule has 1 saturated heterocycles. The number of aliphatic hydroxyl groups excluding tert-OH is 1. The maximum atomic E-state index is 15.3. The number of carbonyl (C=O) groups excluding carboxylic acids is 1. The van der Waals surface area contributed by atoms with Crippen LogP contribution in [0.15, 0.2) is 53.5 Å². The first-order valence-corrected chi connectivity index (χ1v) is 12.3. The minimum Gasteiger partial charge on any atom is -0.435 e. The third-order valence-electron chi connectivity index (χ3n) is 6.90. The van der Waals surface area contributed by atoms with Crippen molar-refractivity contribution in [3.05, 3.63) is 93.2 Å². The van der Waals surface area contributed by atoms with Crippen molar-refractivity contribution in [1.82, 2.24) is 14.7 Å². The molecule has 0 saturated carbocycles. The number of amides is 1. The van der Waals surface area contributed by atoms with E-state index in [-0.39, 0.29) is 11.3 Å². The van der Waals surface area contributed by atoms with Crippen LogP contribution in [-0.2, 0) is 4.74 Å². The Morgan fingerprint density at radius 1 is 1.08 bits per heavy atom. The Morgan fingerprint density at radius 3 is 2.53 bits per heavy atom. The molecule has 1 amide bonds. The predicted octanol–water partition coefficient (Wildman–Crippen LogP) is 3.73. The fourth-order valence-corrected chi connectivity index (χ4v) is 5.40. The Balaban J connectivity index is 1.74. The molecule has 1 fully saturated rings. The standard InChI is InChI=1S/C27H26F3N3O5/c1-14(2)37-27(36)38-25-20(34)13-31-33-23(19-7-4-12-32(19)26(35)24(25)33)21(15-8-10-16(28)11-9-15)17-5-3-6-18(29)22(17)30/h3,5-6,8-11,13-14,19,21,23,27,36H,4,7,12H2,1-2H3/t19-,21-,23-,27?/m1/s1. The summed E-state index contributed by atoms with van der Waals surface area (Å²) in [6, 6.07) is 7.87. The van der Waals surface area contributed by atoms with Gasteiger partial charge in [-0.1, -0.05) is 24.3 Å². The van der Waals surface area contributed by atoms with Crippen molar-refractivity contribution in [3.63, 3.8) is 0 Å². The van der Waals surface area contributed by atoms with E-state index in [4.69, 9.17) is 9.47 Å². The van der Waals surface area contributed by atoms with Gasteiger partial charge in [-0.25, -0.2) is 13.2 Å². The van der Waals surface area contributed by atoms with Gasteiger partial charge in [0.2, 0.25) is 11.2 Å². The Bertz CT molecular complexity index is 1410. The molecule has 3 heterocycles. The number of aliphatic hydroxyl groups is 1. The summed E-state index contributed by atoms with van der Waals surface area (Å²) >= 11 is 0. The van der Waals surface area contributed by atoms with Gasteiger partial charge in [-0.2, -0.15) is 5.10 Å². The second-order valence-corrected chi connectivity index (χ2v) is 9.61. The van der Waals surface area contributed by atoms with E-state index in [1.807, 2.05) is 0 Å². The summed E-state index contributed by atoms with van der Waals surface area (Å²) in [5.74, 6) is -4.59. The smallest absolute Gasteiger partial charge is 0.313 e. The second kappa shape index (κ2) is 10.2. The number of hydrogen-bond donors (Lipinski definition) is 1. The zero-order chi connectivity index (χ0) is 27.1. The fraction of sp³-hybridized carbons (Fsp3) is 0.370. The maximum absolute atomic E-state index is 15.3. The quantitative estimate of drug-likeness (QED) is 0.469. The summed E-state index contributed by atoms with van der Waals surface area (Å²) < 4.78 is 55.5. The molecule has 5 rings (SSSR count). The molecule has 200 valence electrons. The lowest BCUT2D eigenvalue weighted by molar-refractivity contribution is -0.233. The largest absolute Gasteiger partial charge is 0.435 e. The van der Waals surface area contributed by atoms with Crippen LogP contribution in [0.25, 0.3) is 0 Å². The molecule has 1 N–H and O–H groups in total. The van der Waals surface area contributed by atoms with Crippen molar-refractivity contribution < 1.29 is 32.5 Å². The van der Waals surface area contributed by atoms with Crippen molar-refractivity contribution in [2.45, 2.75) is 57.3 Å². The minimum atomic E-state index is -1.84. The van der Waals surface area contributed by atoms with E-state index >= 15 is 4.39 Å². The van der Waals surface area contributed by atoms with Crippen LogP contribution in [0.2, 0.25) is 0 Å². The van der Waals surface area contributed by atoms with Crippen LogP contribution < -0.4 is 10.2 Å². The first kappa shape index (κ1) is 25.9. The molecule has 0 bridgehead atoms. The third kappa shape index (κ3) is 4.56. The molecule has 2 aromatic carbocycles. The molecule has 38 heavy (non-hydrogen) atoms. The van der Waals surface area contributed by atoms with E-state index in [9.17, 15) is 23.5 Å². The molecular formula is C27H26F3N3O5. The summed E-state index contributed by atoms with van der Waals surface area (Å²) in [4.78, 5) is 28.0. The molecule has 0 spiro atoms. The van der Waals surface area contributed by atoms with Crippen molar-refractivity contribution >= 4 is 5.91 Å². The molecule has 1 aromatic heterocycles. The van der Waals surface area contributed by atoms with Crippen LogP contribution in [0.1, 0.15) is 60.3 Å². The van der Waals surface area contributed by atoms with Crippen LogP contribution in [0.3, 0.4) is 0 Å². The highest BCUT2D eigenvalue weighted by atomic mass is 19.2. The molecule has 11 heteroatoms. The number of carbonyl (C=O) groups is 1. The van der Waals surface area contributed by atoms with E-state index in [2.05, 4.69) is 5.10 Å². The summed E-state index contributed by atoms with van der Waals surface area (Å²) in [5.41, 5.74) is -0.558. The lowest BCUT2D eigenvalue weighted by Gasteiger charge is -2.43. The zero-order valence-electron chi connectivity index (χ0n) is 20.7. The van der Waals surface area contributed by atoms with Gasteiger partial charge in [0.25, 0.3) is 5.91 Å². The summed E-state index contributed by atoms with van der Waals surface area (Å²) in [7, 11) is 0. The molecule has 1 unspecified atom stereocenters.